The van der Waals surface area contributed by atoms with E-state index < -0.39 is 11.5 Å². The molecule has 0 aliphatic rings. The Morgan fingerprint density at radius 1 is 2.00 bits per heavy atom. The summed E-state index contributed by atoms with van der Waals surface area (Å²) in [5.41, 5.74) is 3.15. The van der Waals surface area contributed by atoms with Gasteiger partial charge >= 0.3 is 0 Å². The minimum Gasteiger partial charge on any atom is -0.379 e. The maximum Gasteiger partial charge on any atom is 0.250 e. The van der Waals surface area contributed by atoms with Gasteiger partial charge in [-0.1, -0.05) is 0 Å². The van der Waals surface area contributed by atoms with Crippen LogP contribution in [-0.2, 0) is 4.79 Å². The van der Waals surface area contributed by atoms with Crippen LogP contribution in [0.2, 0.25) is 0 Å². The topological polar surface area (TPSA) is 63.3 Å². The van der Waals surface area contributed by atoms with E-state index in [9.17, 15) is 4.79 Å². The molecule has 0 radical (unpaired) electrons. The molecule has 0 saturated heterocycles. The average Bonchev–Trinajstić information content (AvgIpc) is 1.67. The van der Waals surface area contributed by atoms with Gasteiger partial charge in [0, 0.05) is 0 Å². The van der Waals surface area contributed by atoms with Crippen molar-refractivity contribution in [1.29, 1.82) is 0 Å². The number of primary amides is 1. The van der Waals surface area contributed by atoms with Gasteiger partial charge in [0.05, 0.1) is 5.88 Å². The number of rotatable bonds is 2. The summed E-state index contributed by atoms with van der Waals surface area (Å²) in [5.74, 6) is -0.963. The molecule has 0 aromatic carbocycles. The summed E-state index contributed by atoms with van der Waals surface area (Å²) < 4.78 is 0. The zero-order chi connectivity index (χ0) is 6.78. The first-order valence-corrected chi connectivity index (χ1v) is 2.62. The molecule has 3 N–H and O–H groups in total. The third kappa shape index (κ3) is 1.68. The van der Waals surface area contributed by atoms with Gasteiger partial charge < -0.3 is 10.8 Å². The van der Waals surface area contributed by atoms with Gasteiger partial charge in [-0.25, -0.2) is 0 Å². The minimum absolute atomic E-state index is 0.164. The number of alkyl halides is 1. The summed E-state index contributed by atoms with van der Waals surface area (Å²) in [7, 11) is 0. The number of nitrogens with two attached hydrogens (primary N) is 1. The van der Waals surface area contributed by atoms with Crippen molar-refractivity contribution in [3.05, 3.63) is 0 Å². The van der Waals surface area contributed by atoms with Crippen LogP contribution in [0.25, 0.3) is 0 Å². The van der Waals surface area contributed by atoms with Gasteiger partial charge in [0.25, 0.3) is 0 Å². The lowest BCUT2D eigenvalue weighted by atomic mass is 10.1. The van der Waals surface area contributed by atoms with E-state index in [-0.39, 0.29) is 5.88 Å². The average molecular weight is 138 g/mol. The molecule has 0 bridgehead atoms. The molecule has 4 heteroatoms. The zero-order valence-corrected chi connectivity index (χ0v) is 5.27. The van der Waals surface area contributed by atoms with Gasteiger partial charge in [0.1, 0.15) is 0 Å². The molecule has 8 heavy (non-hydrogen) atoms. The Labute approximate surface area is 52.4 Å². The normalized spacial score (nSPS) is 17.4. The fourth-order valence-corrected chi connectivity index (χ4v) is 0.198. The second-order valence-electron chi connectivity index (χ2n) is 1.77. The fraction of sp³-hybridized carbons (Fsp3) is 0.750. The molecular formula is C4H8ClNO2. The van der Waals surface area contributed by atoms with Crippen LogP contribution in [0.15, 0.2) is 0 Å². The van der Waals surface area contributed by atoms with E-state index in [1.165, 1.54) is 6.92 Å². The van der Waals surface area contributed by atoms with Crippen LogP contribution in [-0.4, -0.2) is 22.5 Å². The molecule has 1 unspecified atom stereocenters. The number of carbonyl (C=O) groups excluding carboxylic acids is 1. The molecule has 0 aromatic heterocycles. The summed E-state index contributed by atoms with van der Waals surface area (Å²) in [5, 5.41) is 8.79. The number of carbonyl (C=O) groups is 1. The Kier molecular flexibility index (Phi) is 2.25. The predicted octanol–water partition coefficient (Wildman–Crippen LogP) is -0.539. The predicted molar refractivity (Wildman–Crippen MR) is 30.5 cm³/mol. The van der Waals surface area contributed by atoms with Crippen LogP contribution in [0, 0.1) is 0 Å². The lowest BCUT2D eigenvalue weighted by Crippen LogP contribution is -2.42. The molecule has 0 aliphatic carbocycles. The molecular weight excluding hydrogens is 130 g/mol. The van der Waals surface area contributed by atoms with Crippen LogP contribution >= 0.6 is 11.6 Å². The van der Waals surface area contributed by atoms with Crippen molar-refractivity contribution < 1.29 is 9.90 Å². The highest BCUT2D eigenvalue weighted by Crippen LogP contribution is 2.02. The molecule has 1 amide bonds. The van der Waals surface area contributed by atoms with Crippen LogP contribution in [0.5, 0.6) is 0 Å². The monoisotopic (exact) mass is 137 g/mol. The third-order valence-electron chi connectivity index (χ3n) is 0.791. The van der Waals surface area contributed by atoms with Crippen LogP contribution in [0.1, 0.15) is 6.92 Å². The molecule has 0 heterocycles. The van der Waals surface area contributed by atoms with Crippen molar-refractivity contribution in [1.82, 2.24) is 0 Å². The van der Waals surface area contributed by atoms with E-state index in [4.69, 9.17) is 22.4 Å². The van der Waals surface area contributed by atoms with Crippen molar-refractivity contribution in [3.63, 3.8) is 0 Å². The lowest BCUT2D eigenvalue weighted by Gasteiger charge is -2.13. The fourth-order valence-electron chi connectivity index (χ4n) is 0.0659. The molecule has 1 atom stereocenters. The first-order valence-electron chi connectivity index (χ1n) is 2.09. The third-order valence-corrected chi connectivity index (χ3v) is 1.31. The maximum atomic E-state index is 10.1. The number of halogens is 1. The molecule has 0 spiro atoms. The van der Waals surface area contributed by atoms with E-state index in [1.54, 1.807) is 0 Å². The van der Waals surface area contributed by atoms with Gasteiger partial charge in [-0.05, 0) is 6.92 Å². The van der Waals surface area contributed by atoms with Crippen LogP contribution in [0.3, 0.4) is 0 Å². The summed E-state index contributed by atoms with van der Waals surface area (Å²) >= 11 is 5.14. The van der Waals surface area contributed by atoms with Crippen molar-refractivity contribution in [2.45, 2.75) is 12.5 Å². The molecule has 0 saturated carbocycles. The van der Waals surface area contributed by atoms with Crippen molar-refractivity contribution in [2.24, 2.45) is 5.73 Å². The Hall–Kier alpha value is -0.280. The Bertz CT molecular complexity index is 102. The SMILES string of the molecule is CC(O)(CCl)C(N)=O. The second-order valence-corrected chi connectivity index (χ2v) is 2.04. The summed E-state index contributed by atoms with van der Waals surface area (Å²) in [4.78, 5) is 10.1. The van der Waals surface area contributed by atoms with Crippen molar-refractivity contribution in [2.75, 3.05) is 5.88 Å². The van der Waals surface area contributed by atoms with Crippen LogP contribution in [0.4, 0.5) is 0 Å². The standard InChI is InChI=1S/C4H8ClNO2/c1-4(8,2-5)3(6)7/h8H,2H2,1H3,(H2,6,7). The molecule has 0 rings (SSSR count). The molecule has 0 aliphatic heterocycles. The summed E-state index contributed by atoms with van der Waals surface area (Å²) in [6.45, 7) is 1.27. The van der Waals surface area contributed by atoms with Crippen molar-refractivity contribution in [3.8, 4) is 0 Å². The highest BCUT2D eigenvalue weighted by Gasteiger charge is 2.25. The highest BCUT2D eigenvalue weighted by molar-refractivity contribution is 6.20. The minimum atomic E-state index is -1.55. The molecule has 48 valence electrons. The van der Waals surface area contributed by atoms with Gasteiger partial charge in [-0.2, -0.15) is 0 Å². The quantitative estimate of drug-likeness (QED) is 0.503. The zero-order valence-electron chi connectivity index (χ0n) is 4.52. The second kappa shape index (κ2) is 2.33. The van der Waals surface area contributed by atoms with E-state index in [0.29, 0.717) is 0 Å². The summed E-state index contributed by atoms with van der Waals surface area (Å²) in [6, 6.07) is 0. The number of aliphatic hydroxyl groups is 1. The Morgan fingerprint density at radius 2 is 2.38 bits per heavy atom. The molecule has 3 nitrogen and oxygen atoms in total. The molecule has 0 aromatic rings. The number of amides is 1. The lowest BCUT2D eigenvalue weighted by molar-refractivity contribution is -0.132. The van der Waals surface area contributed by atoms with Gasteiger partial charge in [0.15, 0.2) is 5.60 Å². The van der Waals surface area contributed by atoms with Crippen LogP contribution < -0.4 is 5.73 Å². The largest absolute Gasteiger partial charge is 0.379 e. The van der Waals surface area contributed by atoms with E-state index >= 15 is 0 Å². The van der Waals surface area contributed by atoms with E-state index in [0.717, 1.165) is 0 Å². The number of hydrogen-bond acceptors (Lipinski definition) is 2. The van der Waals surface area contributed by atoms with E-state index in [2.05, 4.69) is 0 Å². The number of hydrogen-bond donors (Lipinski definition) is 2. The Morgan fingerprint density at radius 3 is 2.38 bits per heavy atom. The first kappa shape index (κ1) is 7.72. The Balaban J connectivity index is 3.91. The van der Waals surface area contributed by atoms with Gasteiger partial charge in [-0.15, -0.1) is 11.6 Å². The molecule has 0 fully saturated rings. The first-order chi connectivity index (χ1) is 3.50. The van der Waals surface area contributed by atoms with Crippen molar-refractivity contribution >= 4 is 17.5 Å². The van der Waals surface area contributed by atoms with E-state index in [1.807, 2.05) is 0 Å². The van der Waals surface area contributed by atoms with Gasteiger partial charge in [-0.3, -0.25) is 4.79 Å². The highest BCUT2D eigenvalue weighted by atomic mass is 35.5. The smallest absolute Gasteiger partial charge is 0.250 e. The summed E-state index contributed by atoms with van der Waals surface area (Å²) in [6.07, 6.45) is 0. The van der Waals surface area contributed by atoms with Gasteiger partial charge in [0.2, 0.25) is 5.91 Å². The maximum absolute atomic E-state index is 10.1.